The molecule has 0 aromatic rings. The van der Waals surface area contributed by atoms with Gasteiger partial charge in [0.1, 0.15) is 18.1 Å². The number of nitrogens with two attached hydrogens (primary N) is 4. The van der Waals surface area contributed by atoms with E-state index in [1.54, 1.807) is 13.8 Å². The summed E-state index contributed by atoms with van der Waals surface area (Å²) in [6.45, 7) is 7.60. The van der Waals surface area contributed by atoms with Gasteiger partial charge in [-0.2, -0.15) is 0 Å². The molecule has 0 rings (SSSR count). The maximum atomic E-state index is 13.1. The SMILES string of the molecule is CC(C)CC(N)C(=O)NC(CCCN=C(N)N)C(=O)NC(CCC(N)=O)C(=O)NC(CC(C)C)C(=O)O. The van der Waals surface area contributed by atoms with Crippen molar-refractivity contribution < 1.29 is 29.1 Å². The summed E-state index contributed by atoms with van der Waals surface area (Å²) in [5.41, 5.74) is 21.8. The number of carboxylic acid groups (broad SMARTS) is 1. The lowest BCUT2D eigenvalue weighted by atomic mass is 10.0. The summed E-state index contributed by atoms with van der Waals surface area (Å²) in [6.07, 6.45) is 0.601. The molecular formula is C23H44N8O6. The molecule has 0 heterocycles. The molecule has 4 atom stereocenters. The van der Waals surface area contributed by atoms with Crippen molar-refractivity contribution in [1.29, 1.82) is 0 Å². The molecule has 0 aliphatic rings. The zero-order valence-corrected chi connectivity index (χ0v) is 22.2. The highest BCUT2D eigenvalue weighted by Gasteiger charge is 2.30. The van der Waals surface area contributed by atoms with Crippen LogP contribution in [0.4, 0.5) is 0 Å². The van der Waals surface area contributed by atoms with Crippen LogP contribution in [0.1, 0.15) is 66.2 Å². The van der Waals surface area contributed by atoms with E-state index < -0.39 is 53.8 Å². The number of carbonyl (C=O) groups is 5. The number of primary amides is 1. The molecule has 0 radical (unpaired) electrons. The number of hydrogen-bond donors (Lipinski definition) is 8. The molecule has 4 unspecified atom stereocenters. The molecule has 0 spiro atoms. The minimum absolute atomic E-state index is 0.0279. The van der Waals surface area contributed by atoms with Crippen LogP contribution in [0.3, 0.4) is 0 Å². The molecule has 0 saturated heterocycles. The number of carboxylic acids is 1. The largest absolute Gasteiger partial charge is 0.480 e. The van der Waals surface area contributed by atoms with Crippen molar-refractivity contribution in [2.24, 2.45) is 39.8 Å². The second kappa shape index (κ2) is 17.1. The third kappa shape index (κ3) is 15.3. The highest BCUT2D eigenvalue weighted by Crippen LogP contribution is 2.09. The van der Waals surface area contributed by atoms with Crippen LogP contribution in [0.25, 0.3) is 0 Å². The van der Waals surface area contributed by atoms with Crippen LogP contribution in [0, 0.1) is 11.8 Å². The van der Waals surface area contributed by atoms with Crippen LogP contribution >= 0.6 is 0 Å². The zero-order chi connectivity index (χ0) is 28.7. The van der Waals surface area contributed by atoms with Crippen LogP contribution in [0.2, 0.25) is 0 Å². The van der Waals surface area contributed by atoms with Gasteiger partial charge < -0.3 is 44.0 Å². The second-order valence-corrected chi connectivity index (χ2v) is 9.84. The van der Waals surface area contributed by atoms with Crippen molar-refractivity contribution in [3.8, 4) is 0 Å². The molecular weight excluding hydrogens is 484 g/mol. The summed E-state index contributed by atoms with van der Waals surface area (Å²) in [4.78, 5) is 65.4. The van der Waals surface area contributed by atoms with Gasteiger partial charge in [0.25, 0.3) is 0 Å². The highest BCUT2D eigenvalue weighted by atomic mass is 16.4. The first-order valence-electron chi connectivity index (χ1n) is 12.4. The predicted octanol–water partition coefficient (Wildman–Crippen LogP) is -1.74. The lowest BCUT2D eigenvalue weighted by Gasteiger charge is -2.25. The van der Waals surface area contributed by atoms with Gasteiger partial charge in [-0.1, -0.05) is 27.7 Å². The normalized spacial score (nSPS) is 14.2. The first-order valence-corrected chi connectivity index (χ1v) is 12.4. The van der Waals surface area contributed by atoms with Gasteiger partial charge in [0, 0.05) is 13.0 Å². The van der Waals surface area contributed by atoms with Gasteiger partial charge >= 0.3 is 5.97 Å². The standard InChI is InChI=1S/C23H44N8O6/c1-12(2)10-14(24)19(33)29-15(6-5-9-28-23(26)27)20(34)30-16(7-8-18(25)32)21(35)31-17(22(36)37)11-13(3)4/h12-17H,5-11,24H2,1-4H3,(H2,25,32)(H,29,33)(H,30,34)(H,31,35)(H,36,37)(H4,26,27,28). The number of aliphatic imine (C=N–C) groups is 1. The lowest BCUT2D eigenvalue weighted by molar-refractivity contribution is -0.143. The van der Waals surface area contributed by atoms with Gasteiger partial charge in [-0.3, -0.25) is 24.2 Å². The lowest BCUT2D eigenvalue weighted by Crippen LogP contribution is -2.57. The van der Waals surface area contributed by atoms with Gasteiger partial charge in [-0.25, -0.2) is 4.79 Å². The molecule has 37 heavy (non-hydrogen) atoms. The summed E-state index contributed by atoms with van der Waals surface area (Å²) < 4.78 is 0. The average molecular weight is 529 g/mol. The number of amides is 4. The third-order valence-electron chi connectivity index (χ3n) is 5.27. The van der Waals surface area contributed by atoms with Gasteiger partial charge in [-0.15, -0.1) is 0 Å². The number of aliphatic carboxylic acids is 1. The van der Waals surface area contributed by atoms with E-state index in [2.05, 4.69) is 20.9 Å². The molecule has 14 heteroatoms. The molecule has 0 aromatic heterocycles. The van der Waals surface area contributed by atoms with Crippen molar-refractivity contribution in [2.45, 2.75) is 90.4 Å². The summed E-state index contributed by atoms with van der Waals surface area (Å²) in [6, 6.07) is -4.40. The predicted molar refractivity (Wildman–Crippen MR) is 139 cm³/mol. The Hall–Kier alpha value is -3.42. The van der Waals surface area contributed by atoms with Crippen molar-refractivity contribution >= 4 is 35.6 Å². The van der Waals surface area contributed by atoms with E-state index in [0.29, 0.717) is 12.8 Å². The molecule has 0 aliphatic carbocycles. The van der Waals surface area contributed by atoms with E-state index in [0.717, 1.165) is 0 Å². The first-order chi connectivity index (χ1) is 17.1. The van der Waals surface area contributed by atoms with Crippen LogP contribution in [-0.4, -0.2) is 71.4 Å². The smallest absolute Gasteiger partial charge is 0.326 e. The van der Waals surface area contributed by atoms with Crippen molar-refractivity contribution in [2.75, 3.05) is 6.54 Å². The molecule has 0 fully saturated rings. The Morgan fingerprint density at radius 2 is 1.24 bits per heavy atom. The number of rotatable bonds is 18. The topological polar surface area (TPSA) is 258 Å². The van der Waals surface area contributed by atoms with Gasteiger partial charge in [-0.05, 0) is 43.9 Å². The Labute approximate surface area is 217 Å². The van der Waals surface area contributed by atoms with Gasteiger partial charge in [0.05, 0.1) is 6.04 Å². The van der Waals surface area contributed by atoms with E-state index in [-0.39, 0.29) is 50.0 Å². The number of guanidine groups is 1. The quantitative estimate of drug-likeness (QED) is 0.0569. The molecule has 212 valence electrons. The van der Waals surface area contributed by atoms with E-state index in [1.807, 2.05) is 13.8 Å². The van der Waals surface area contributed by atoms with E-state index in [4.69, 9.17) is 22.9 Å². The van der Waals surface area contributed by atoms with Crippen LogP contribution in [-0.2, 0) is 24.0 Å². The van der Waals surface area contributed by atoms with Gasteiger partial charge in [0.15, 0.2) is 5.96 Å². The molecule has 0 aromatic carbocycles. The second-order valence-electron chi connectivity index (χ2n) is 9.84. The Kier molecular flexibility index (Phi) is 15.5. The zero-order valence-electron chi connectivity index (χ0n) is 22.2. The van der Waals surface area contributed by atoms with E-state index in [1.165, 1.54) is 0 Å². The number of carbonyl (C=O) groups excluding carboxylic acids is 4. The summed E-state index contributed by atoms with van der Waals surface area (Å²) in [7, 11) is 0. The number of nitrogens with one attached hydrogen (secondary N) is 3. The van der Waals surface area contributed by atoms with E-state index in [9.17, 15) is 29.1 Å². The number of hydrogen-bond acceptors (Lipinski definition) is 7. The minimum atomic E-state index is -1.27. The third-order valence-corrected chi connectivity index (χ3v) is 5.27. The van der Waals surface area contributed by atoms with Crippen molar-refractivity contribution in [3.63, 3.8) is 0 Å². The fourth-order valence-corrected chi connectivity index (χ4v) is 3.46. The Morgan fingerprint density at radius 3 is 1.70 bits per heavy atom. The maximum absolute atomic E-state index is 13.1. The Morgan fingerprint density at radius 1 is 0.757 bits per heavy atom. The molecule has 12 N–H and O–H groups in total. The fraction of sp³-hybridized carbons (Fsp3) is 0.739. The van der Waals surface area contributed by atoms with Crippen molar-refractivity contribution in [3.05, 3.63) is 0 Å². The molecule has 0 saturated carbocycles. The van der Waals surface area contributed by atoms with E-state index >= 15 is 0 Å². The first kappa shape index (κ1) is 33.6. The minimum Gasteiger partial charge on any atom is -0.480 e. The monoisotopic (exact) mass is 528 g/mol. The summed E-state index contributed by atoms with van der Waals surface area (Å²) in [5, 5.41) is 17.0. The van der Waals surface area contributed by atoms with Crippen LogP contribution < -0.4 is 38.9 Å². The Bertz CT molecular complexity index is 813. The average Bonchev–Trinajstić information content (AvgIpc) is 2.76. The number of nitrogens with zero attached hydrogens (tertiary/aromatic N) is 1. The van der Waals surface area contributed by atoms with Crippen LogP contribution in [0.15, 0.2) is 4.99 Å². The molecule has 4 amide bonds. The molecule has 0 bridgehead atoms. The summed E-state index contributed by atoms with van der Waals surface area (Å²) in [5.74, 6) is -3.99. The Balaban J connectivity index is 5.69. The van der Waals surface area contributed by atoms with Crippen molar-refractivity contribution in [1.82, 2.24) is 16.0 Å². The van der Waals surface area contributed by atoms with Crippen LogP contribution in [0.5, 0.6) is 0 Å². The maximum Gasteiger partial charge on any atom is 0.326 e. The molecule has 14 nitrogen and oxygen atoms in total. The molecule has 0 aliphatic heterocycles. The summed E-state index contributed by atoms with van der Waals surface area (Å²) >= 11 is 0. The fourth-order valence-electron chi connectivity index (χ4n) is 3.46. The highest BCUT2D eigenvalue weighted by molar-refractivity contribution is 5.94. The van der Waals surface area contributed by atoms with Gasteiger partial charge in [0.2, 0.25) is 23.6 Å².